The molecule has 1 aliphatic carbocycles. The lowest BCUT2D eigenvalue weighted by atomic mass is 9.81. The minimum atomic E-state index is -2.41. The Morgan fingerprint density at radius 2 is 2.14 bits per heavy atom. The molecule has 1 aromatic heterocycles. The SMILES string of the molecule is FC1(F)CC(Cn2cnc(I)c2I)C1. The van der Waals surface area contributed by atoms with E-state index in [9.17, 15) is 8.78 Å². The van der Waals surface area contributed by atoms with Crippen molar-refractivity contribution in [2.24, 2.45) is 5.92 Å². The van der Waals surface area contributed by atoms with Crippen LogP contribution >= 0.6 is 45.2 Å². The molecule has 0 bridgehead atoms. The Bertz CT molecular complexity index is 343. The normalized spacial score (nSPS) is 20.9. The summed E-state index contributed by atoms with van der Waals surface area (Å²) >= 11 is 4.33. The van der Waals surface area contributed by atoms with Crippen LogP contribution in [-0.2, 0) is 6.54 Å². The van der Waals surface area contributed by atoms with Gasteiger partial charge in [0.25, 0.3) is 0 Å². The molecular weight excluding hydrogens is 416 g/mol. The lowest BCUT2D eigenvalue weighted by Crippen LogP contribution is -2.37. The minimum Gasteiger partial charge on any atom is -0.325 e. The molecule has 14 heavy (non-hydrogen) atoms. The topological polar surface area (TPSA) is 17.8 Å². The Morgan fingerprint density at radius 1 is 1.50 bits per heavy atom. The van der Waals surface area contributed by atoms with E-state index in [1.165, 1.54) is 0 Å². The van der Waals surface area contributed by atoms with E-state index >= 15 is 0 Å². The Morgan fingerprint density at radius 3 is 2.57 bits per heavy atom. The lowest BCUT2D eigenvalue weighted by molar-refractivity contribution is -0.114. The molecule has 0 aliphatic heterocycles. The third-order valence-corrected chi connectivity index (χ3v) is 5.31. The molecule has 0 N–H and O–H groups in total. The molecule has 1 aliphatic rings. The predicted octanol–water partition coefficient (Wildman–Crippen LogP) is 3.14. The van der Waals surface area contributed by atoms with Gasteiger partial charge in [0.2, 0.25) is 5.92 Å². The molecule has 0 atom stereocenters. The quantitative estimate of drug-likeness (QED) is 0.668. The summed E-state index contributed by atoms with van der Waals surface area (Å²) in [7, 11) is 0. The number of hydrogen-bond donors (Lipinski definition) is 0. The monoisotopic (exact) mass is 424 g/mol. The van der Waals surface area contributed by atoms with Gasteiger partial charge in [-0.3, -0.25) is 0 Å². The lowest BCUT2D eigenvalue weighted by Gasteiger charge is -2.35. The zero-order valence-electron chi connectivity index (χ0n) is 7.18. The van der Waals surface area contributed by atoms with Gasteiger partial charge in [0.15, 0.2) is 0 Å². The molecule has 0 amide bonds. The van der Waals surface area contributed by atoms with Crippen LogP contribution in [0, 0.1) is 13.3 Å². The fraction of sp³-hybridized carbons (Fsp3) is 0.625. The summed E-state index contributed by atoms with van der Waals surface area (Å²) in [6, 6.07) is 0. The molecule has 0 radical (unpaired) electrons. The van der Waals surface area contributed by atoms with E-state index in [1.54, 1.807) is 6.33 Å². The average Bonchev–Trinajstić information content (AvgIpc) is 2.33. The van der Waals surface area contributed by atoms with Crippen LogP contribution in [0.3, 0.4) is 0 Å². The number of imidazole rings is 1. The first-order valence-corrected chi connectivity index (χ1v) is 6.38. The first kappa shape index (κ1) is 11.0. The van der Waals surface area contributed by atoms with E-state index in [0.717, 1.165) is 7.40 Å². The third kappa shape index (κ3) is 2.20. The highest BCUT2D eigenvalue weighted by atomic mass is 127. The van der Waals surface area contributed by atoms with Crippen LogP contribution in [0.1, 0.15) is 12.8 Å². The van der Waals surface area contributed by atoms with E-state index in [2.05, 4.69) is 50.2 Å². The van der Waals surface area contributed by atoms with E-state index in [-0.39, 0.29) is 18.8 Å². The maximum atomic E-state index is 12.6. The maximum Gasteiger partial charge on any atom is 0.248 e. The number of nitrogens with zero attached hydrogens (tertiary/aromatic N) is 2. The molecule has 0 unspecified atom stereocenters. The van der Waals surface area contributed by atoms with Gasteiger partial charge in [-0.2, -0.15) is 0 Å². The van der Waals surface area contributed by atoms with Gasteiger partial charge in [-0.05, 0) is 51.1 Å². The minimum absolute atomic E-state index is 0.0256. The molecule has 1 heterocycles. The smallest absolute Gasteiger partial charge is 0.248 e. The van der Waals surface area contributed by atoms with Gasteiger partial charge >= 0.3 is 0 Å². The molecule has 0 aromatic carbocycles. The van der Waals surface area contributed by atoms with Crippen LogP contribution in [-0.4, -0.2) is 15.5 Å². The second-order valence-corrected chi connectivity index (χ2v) is 5.65. The molecule has 1 saturated carbocycles. The van der Waals surface area contributed by atoms with Crippen molar-refractivity contribution in [3.8, 4) is 0 Å². The Balaban J connectivity index is 1.97. The Hall–Kier alpha value is 0.530. The van der Waals surface area contributed by atoms with Crippen molar-refractivity contribution in [3.63, 3.8) is 0 Å². The summed E-state index contributed by atoms with van der Waals surface area (Å²) < 4.78 is 29.1. The molecule has 0 saturated heterocycles. The van der Waals surface area contributed by atoms with Crippen molar-refractivity contribution in [2.45, 2.75) is 25.3 Å². The highest BCUT2D eigenvalue weighted by Gasteiger charge is 2.45. The molecule has 6 heteroatoms. The van der Waals surface area contributed by atoms with Gasteiger partial charge < -0.3 is 4.57 Å². The van der Waals surface area contributed by atoms with Crippen molar-refractivity contribution < 1.29 is 8.78 Å². The van der Waals surface area contributed by atoms with E-state index in [0.29, 0.717) is 6.54 Å². The molecule has 78 valence electrons. The number of alkyl halides is 2. The zero-order valence-corrected chi connectivity index (χ0v) is 11.5. The predicted molar refractivity (Wildman–Crippen MR) is 65.3 cm³/mol. The van der Waals surface area contributed by atoms with Crippen LogP contribution in [0.15, 0.2) is 6.33 Å². The van der Waals surface area contributed by atoms with Crippen LogP contribution in [0.25, 0.3) is 0 Å². The van der Waals surface area contributed by atoms with Crippen LogP contribution in [0.4, 0.5) is 8.78 Å². The van der Waals surface area contributed by atoms with E-state index < -0.39 is 5.92 Å². The maximum absolute atomic E-state index is 12.6. The van der Waals surface area contributed by atoms with Crippen LogP contribution in [0.5, 0.6) is 0 Å². The number of aromatic nitrogens is 2. The molecule has 1 fully saturated rings. The largest absolute Gasteiger partial charge is 0.325 e. The first-order chi connectivity index (χ1) is 6.48. The number of halogens is 4. The molecule has 0 spiro atoms. The molecule has 2 nitrogen and oxygen atoms in total. The van der Waals surface area contributed by atoms with Gasteiger partial charge in [0.1, 0.15) is 7.40 Å². The van der Waals surface area contributed by atoms with Crippen LogP contribution in [0.2, 0.25) is 0 Å². The van der Waals surface area contributed by atoms with Crippen molar-refractivity contribution in [3.05, 3.63) is 13.7 Å². The molecule has 1 aromatic rings. The zero-order chi connectivity index (χ0) is 10.3. The molecule has 2 rings (SSSR count). The summed E-state index contributed by atoms with van der Waals surface area (Å²) in [5.41, 5.74) is 0. The van der Waals surface area contributed by atoms with Gasteiger partial charge in [-0.25, -0.2) is 13.8 Å². The highest BCUT2D eigenvalue weighted by molar-refractivity contribution is 14.1. The van der Waals surface area contributed by atoms with E-state index in [4.69, 9.17) is 0 Å². The summed E-state index contributed by atoms with van der Waals surface area (Å²) in [5, 5.41) is 0. The van der Waals surface area contributed by atoms with Gasteiger partial charge in [-0.1, -0.05) is 0 Å². The average molecular weight is 424 g/mol. The van der Waals surface area contributed by atoms with Gasteiger partial charge in [0.05, 0.1) is 6.33 Å². The second kappa shape index (κ2) is 3.84. The summed E-state index contributed by atoms with van der Waals surface area (Å²) in [5.74, 6) is -2.30. The fourth-order valence-corrected chi connectivity index (χ4v) is 2.56. The van der Waals surface area contributed by atoms with Crippen molar-refractivity contribution in [1.29, 1.82) is 0 Å². The first-order valence-electron chi connectivity index (χ1n) is 4.22. The highest BCUT2D eigenvalue weighted by Crippen LogP contribution is 2.43. The van der Waals surface area contributed by atoms with Gasteiger partial charge in [0, 0.05) is 19.4 Å². The summed E-state index contributed by atoms with van der Waals surface area (Å²) in [6.07, 6.45) is 1.77. The third-order valence-electron chi connectivity index (χ3n) is 2.36. The number of rotatable bonds is 2. The fourth-order valence-electron chi connectivity index (χ4n) is 1.66. The van der Waals surface area contributed by atoms with Gasteiger partial charge in [-0.15, -0.1) is 0 Å². The van der Waals surface area contributed by atoms with Crippen molar-refractivity contribution in [1.82, 2.24) is 9.55 Å². The van der Waals surface area contributed by atoms with Crippen molar-refractivity contribution >= 4 is 45.2 Å². The number of hydrogen-bond acceptors (Lipinski definition) is 1. The molecular formula is C8H8F2I2N2. The van der Waals surface area contributed by atoms with Crippen molar-refractivity contribution in [2.75, 3.05) is 0 Å². The van der Waals surface area contributed by atoms with E-state index in [1.807, 2.05) is 4.57 Å². The summed E-state index contributed by atoms with van der Waals surface area (Å²) in [6.45, 7) is 0.671. The Labute approximate surface area is 108 Å². The second-order valence-electron chi connectivity index (χ2n) is 3.61. The Kier molecular flexibility index (Phi) is 3.02. The standard InChI is InChI=1S/C8H8F2I2N2/c9-8(10)1-5(2-8)3-14-4-13-6(11)7(14)12/h4-5H,1-3H2. The van der Waals surface area contributed by atoms with Crippen LogP contribution < -0.4 is 0 Å². The summed E-state index contributed by atoms with van der Waals surface area (Å²) in [4.78, 5) is 4.12.